The highest BCUT2D eigenvalue weighted by Crippen LogP contribution is 2.27. The van der Waals surface area contributed by atoms with E-state index in [2.05, 4.69) is 21.4 Å². The highest BCUT2D eigenvalue weighted by atomic mass is 16.3. The van der Waals surface area contributed by atoms with Crippen LogP contribution in [-0.4, -0.2) is 14.4 Å². The summed E-state index contributed by atoms with van der Waals surface area (Å²) in [7, 11) is 0. The molecule has 7 heteroatoms. The first-order valence-corrected chi connectivity index (χ1v) is 11.1. The van der Waals surface area contributed by atoms with Crippen molar-refractivity contribution in [1.82, 2.24) is 14.4 Å². The second-order valence-corrected chi connectivity index (χ2v) is 8.45. The van der Waals surface area contributed by atoms with Crippen LogP contribution in [-0.2, 0) is 0 Å². The quantitative estimate of drug-likeness (QED) is 0.413. The number of nitrogens with zero attached hydrogens (tertiary/aromatic N) is 4. The lowest BCUT2D eigenvalue weighted by Crippen LogP contribution is -2.34. The topological polar surface area (TPSA) is 96.2 Å². The molecule has 0 amide bonds. The summed E-state index contributed by atoms with van der Waals surface area (Å²) in [5.74, 6) is 0.554. The van der Waals surface area contributed by atoms with Crippen molar-refractivity contribution in [2.24, 2.45) is 0 Å². The average Bonchev–Trinajstić information content (AvgIpc) is 3.46. The van der Waals surface area contributed by atoms with E-state index in [4.69, 9.17) is 4.42 Å². The SMILES string of the molecule is Cc1cccc(-c2nc3cc(N/C=c4/c(C)c(C#N)c5nc6ccccc6n5c4=O)ccc3o2)c1. The first-order valence-electron chi connectivity index (χ1n) is 11.1. The van der Waals surface area contributed by atoms with Crippen molar-refractivity contribution in [2.75, 3.05) is 5.32 Å². The number of hydrogen-bond acceptors (Lipinski definition) is 6. The number of para-hydroxylation sites is 2. The van der Waals surface area contributed by atoms with Crippen molar-refractivity contribution >= 4 is 39.7 Å². The molecular weight excluding hydrogens is 438 g/mol. The molecule has 0 atom stereocenters. The Hall–Kier alpha value is -4.96. The summed E-state index contributed by atoms with van der Waals surface area (Å²) < 4.78 is 7.43. The van der Waals surface area contributed by atoms with Crippen LogP contribution in [0, 0.1) is 25.2 Å². The van der Waals surface area contributed by atoms with Gasteiger partial charge in [-0.1, -0.05) is 29.8 Å². The number of nitrogens with one attached hydrogen (secondary N) is 1. The lowest BCUT2D eigenvalue weighted by molar-refractivity contribution is 0.620. The number of nitriles is 1. The van der Waals surface area contributed by atoms with Gasteiger partial charge >= 0.3 is 0 Å². The van der Waals surface area contributed by atoms with Crippen molar-refractivity contribution in [3.63, 3.8) is 0 Å². The zero-order valence-corrected chi connectivity index (χ0v) is 19.0. The molecule has 35 heavy (non-hydrogen) atoms. The number of benzene rings is 3. The van der Waals surface area contributed by atoms with Crippen molar-refractivity contribution in [2.45, 2.75) is 13.8 Å². The molecule has 0 radical (unpaired) electrons. The fraction of sp³-hybridized carbons (Fsp3) is 0.0714. The van der Waals surface area contributed by atoms with E-state index in [1.54, 1.807) is 13.1 Å². The number of imidazole rings is 1. The van der Waals surface area contributed by atoms with Gasteiger partial charge in [0.2, 0.25) is 5.89 Å². The lowest BCUT2D eigenvalue weighted by atomic mass is 10.1. The van der Waals surface area contributed by atoms with E-state index in [9.17, 15) is 10.1 Å². The van der Waals surface area contributed by atoms with Gasteiger partial charge in [-0.15, -0.1) is 0 Å². The molecule has 3 heterocycles. The summed E-state index contributed by atoms with van der Waals surface area (Å²) >= 11 is 0. The Bertz CT molecular complexity index is 1940. The normalized spacial score (nSPS) is 12.0. The molecule has 0 aliphatic carbocycles. The van der Waals surface area contributed by atoms with Crippen molar-refractivity contribution in [3.05, 3.63) is 99.0 Å². The van der Waals surface area contributed by atoms with Crippen LogP contribution in [0.15, 0.2) is 75.9 Å². The maximum atomic E-state index is 13.4. The molecule has 7 nitrogen and oxygen atoms in total. The third-order valence-electron chi connectivity index (χ3n) is 6.14. The summed E-state index contributed by atoms with van der Waals surface area (Å²) in [6, 6.07) is 23.1. The van der Waals surface area contributed by atoms with E-state index in [0.29, 0.717) is 50.0 Å². The highest BCUT2D eigenvalue weighted by molar-refractivity contribution is 5.83. The molecule has 0 aliphatic heterocycles. The molecule has 3 aromatic heterocycles. The monoisotopic (exact) mass is 457 g/mol. The predicted octanol–water partition coefficient (Wildman–Crippen LogP) is 4.71. The summed E-state index contributed by atoms with van der Waals surface area (Å²) in [4.78, 5) is 22.6. The van der Waals surface area contributed by atoms with Gasteiger partial charge in [0.15, 0.2) is 11.2 Å². The first-order chi connectivity index (χ1) is 17.0. The maximum absolute atomic E-state index is 13.4. The van der Waals surface area contributed by atoms with Gasteiger partial charge in [-0.2, -0.15) is 5.26 Å². The summed E-state index contributed by atoms with van der Waals surface area (Å²) in [5, 5.41) is 13.4. The Balaban J connectivity index is 1.45. The third-order valence-corrected chi connectivity index (χ3v) is 6.14. The second-order valence-electron chi connectivity index (χ2n) is 8.45. The predicted molar refractivity (Wildman–Crippen MR) is 136 cm³/mol. The fourth-order valence-electron chi connectivity index (χ4n) is 4.36. The van der Waals surface area contributed by atoms with Crippen LogP contribution in [0.1, 0.15) is 16.7 Å². The standard InChI is InChI=1S/C28H19N5O2/c1-16-6-5-7-18(12-16)27-32-23-13-19(10-11-25(23)35-27)30-15-21-17(2)20(14-29)26-31-22-8-3-4-9-24(22)33(26)28(21)34/h3-13,15,30H,1-2H3/b21-15-. The Morgan fingerprint density at radius 1 is 1.00 bits per heavy atom. The zero-order chi connectivity index (χ0) is 24.1. The Morgan fingerprint density at radius 3 is 2.69 bits per heavy atom. The molecule has 0 saturated carbocycles. The molecule has 3 aromatic carbocycles. The number of pyridine rings is 1. The van der Waals surface area contributed by atoms with E-state index in [1.165, 1.54) is 4.40 Å². The highest BCUT2D eigenvalue weighted by Gasteiger charge is 2.16. The minimum Gasteiger partial charge on any atom is -0.436 e. The maximum Gasteiger partial charge on any atom is 0.265 e. The van der Waals surface area contributed by atoms with E-state index in [0.717, 1.165) is 16.8 Å². The molecule has 0 fully saturated rings. The molecule has 0 unspecified atom stereocenters. The van der Waals surface area contributed by atoms with E-state index in [-0.39, 0.29) is 5.56 Å². The van der Waals surface area contributed by atoms with E-state index in [1.807, 2.05) is 73.7 Å². The van der Waals surface area contributed by atoms with Crippen LogP contribution in [0.25, 0.3) is 45.4 Å². The minimum absolute atomic E-state index is 0.234. The summed E-state index contributed by atoms with van der Waals surface area (Å²) in [6.45, 7) is 3.79. The van der Waals surface area contributed by atoms with Gasteiger partial charge in [-0.3, -0.25) is 9.20 Å². The average molecular weight is 457 g/mol. The van der Waals surface area contributed by atoms with Gasteiger partial charge in [0, 0.05) is 17.5 Å². The van der Waals surface area contributed by atoms with Gasteiger partial charge in [0.05, 0.1) is 21.8 Å². The zero-order valence-electron chi connectivity index (χ0n) is 19.0. The number of fused-ring (bicyclic) bond motifs is 4. The summed E-state index contributed by atoms with van der Waals surface area (Å²) in [5.41, 5.74) is 6.61. The smallest absolute Gasteiger partial charge is 0.265 e. The van der Waals surface area contributed by atoms with Crippen LogP contribution in [0.3, 0.4) is 0 Å². The molecule has 0 bridgehead atoms. The number of rotatable bonds is 3. The molecule has 6 aromatic rings. The van der Waals surface area contributed by atoms with Crippen LogP contribution in [0.5, 0.6) is 0 Å². The lowest BCUT2D eigenvalue weighted by Gasteiger charge is -2.04. The van der Waals surface area contributed by atoms with Crippen LogP contribution < -0.4 is 16.1 Å². The third kappa shape index (κ3) is 3.31. The number of hydrogen-bond donors (Lipinski definition) is 1. The van der Waals surface area contributed by atoms with Crippen molar-refractivity contribution in [3.8, 4) is 17.5 Å². The Labute approximate surface area is 199 Å². The Morgan fingerprint density at radius 2 is 1.86 bits per heavy atom. The fourth-order valence-corrected chi connectivity index (χ4v) is 4.36. The molecule has 0 aliphatic rings. The van der Waals surface area contributed by atoms with Crippen molar-refractivity contribution < 1.29 is 4.42 Å². The van der Waals surface area contributed by atoms with Gasteiger partial charge in [0.25, 0.3) is 5.56 Å². The van der Waals surface area contributed by atoms with Crippen LogP contribution in [0.2, 0.25) is 0 Å². The van der Waals surface area contributed by atoms with Gasteiger partial charge in [-0.05, 0) is 61.9 Å². The van der Waals surface area contributed by atoms with Crippen LogP contribution >= 0.6 is 0 Å². The van der Waals surface area contributed by atoms with Gasteiger partial charge < -0.3 is 9.73 Å². The van der Waals surface area contributed by atoms with Gasteiger partial charge in [-0.25, -0.2) is 9.97 Å². The number of anilines is 1. The number of aryl methyl sites for hydroxylation is 1. The van der Waals surface area contributed by atoms with Gasteiger partial charge in [0.1, 0.15) is 11.6 Å². The largest absolute Gasteiger partial charge is 0.436 e. The minimum atomic E-state index is -0.234. The molecule has 1 N–H and O–H groups in total. The van der Waals surface area contributed by atoms with Crippen LogP contribution in [0.4, 0.5) is 5.69 Å². The van der Waals surface area contributed by atoms with E-state index >= 15 is 0 Å². The number of aromatic nitrogens is 3. The molecular formula is C28H19N5O2. The molecule has 168 valence electrons. The number of oxazole rings is 1. The molecule has 6 rings (SSSR count). The molecule has 0 spiro atoms. The first kappa shape index (κ1) is 20.6. The van der Waals surface area contributed by atoms with E-state index < -0.39 is 0 Å². The Kier molecular flexibility index (Phi) is 4.61. The second kappa shape index (κ2) is 7.82. The molecule has 0 saturated heterocycles. The summed E-state index contributed by atoms with van der Waals surface area (Å²) in [6.07, 6.45) is 1.63. The van der Waals surface area contributed by atoms with Crippen molar-refractivity contribution in [1.29, 1.82) is 5.26 Å².